The van der Waals surface area contributed by atoms with Crippen LogP contribution in [0.15, 0.2) is 29.8 Å². The second-order valence-electron chi connectivity index (χ2n) is 5.68. The Morgan fingerprint density at radius 3 is 2.71 bits per heavy atom. The molecule has 1 nitrogen and oxygen atoms in total. The molecule has 2 aliphatic rings. The highest BCUT2D eigenvalue weighted by molar-refractivity contribution is 6.30. The van der Waals surface area contributed by atoms with E-state index in [0.29, 0.717) is 5.41 Å². The highest BCUT2D eigenvalue weighted by Gasteiger charge is 2.52. The fraction of sp³-hybridized carbons (Fsp3) is 0.467. The summed E-state index contributed by atoms with van der Waals surface area (Å²) in [5, 5.41) is 10.3. The molecule has 0 heterocycles. The van der Waals surface area contributed by atoms with Gasteiger partial charge in [0.25, 0.3) is 0 Å². The van der Waals surface area contributed by atoms with Crippen LogP contribution in [-0.2, 0) is 0 Å². The normalized spacial score (nSPS) is 31.4. The van der Waals surface area contributed by atoms with Crippen molar-refractivity contribution in [1.82, 2.24) is 0 Å². The van der Waals surface area contributed by atoms with Crippen LogP contribution < -0.4 is 0 Å². The number of hydrogen-bond acceptors (Lipinski definition) is 1. The number of rotatable bonds is 2. The summed E-state index contributed by atoms with van der Waals surface area (Å²) in [4.78, 5) is 0. The van der Waals surface area contributed by atoms with Crippen molar-refractivity contribution in [3.05, 3.63) is 40.4 Å². The van der Waals surface area contributed by atoms with E-state index in [1.165, 1.54) is 23.1 Å². The fourth-order valence-electron chi connectivity index (χ4n) is 3.11. The Labute approximate surface area is 107 Å². The van der Waals surface area contributed by atoms with Crippen molar-refractivity contribution in [2.45, 2.75) is 26.2 Å². The zero-order chi connectivity index (χ0) is 12.0. The lowest BCUT2D eigenvalue weighted by molar-refractivity contribution is 0.318. The first-order valence-corrected chi connectivity index (χ1v) is 6.58. The summed E-state index contributed by atoms with van der Waals surface area (Å²) in [5.74, 6) is 0.806. The van der Waals surface area contributed by atoms with E-state index in [4.69, 9.17) is 11.6 Å². The largest absolute Gasteiger partial charge is 0.392 e. The van der Waals surface area contributed by atoms with E-state index in [-0.39, 0.29) is 6.61 Å². The molecule has 1 aromatic carbocycles. The number of benzene rings is 1. The summed E-state index contributed by atoms with van der Waals surface area (Å²) in [6, 6.07) is 8.00. The van der Waals surface area contributed by atoms with Gasteiger partial charge in [0.15, 0.2) is 0 Å². The first-order chi connectivity index (χ1) is 8.12. The average molecular weight is 249 g/mol. The number of hydrogen-bond donors (Lipinski definition) is 1. The molecule has 0 spiro atoms. The minimum absolute atomic E-state index is 0.199. The van der Waals surface area contributed by atoms with Crippen molar-refractivity contribution in [3.63, 3.8) is 0 Å². The molecule has 0 amide bonds. The number of aliphatic hydroxyl groups excluding tert-OH is 1. The van der Waals surface area contributed by atoms with Crippen molar-refractivity contribution in [1.29, 1.82) is 0 Å². The van der Waals surface area contributed by atoms with E-state index in [2.05, 4.69) is 19.1 Å². The van der Waals surface area contributed by atoms with Gasteiger partial charge in [-0.05, 0) is 59.4 Å². The number of halogens is 1. The van der Waals surface area contributed by atoms with E-state index >= 15 is 0 Å². The first-order valence-electron chi connectivity index (χ1n) is 6.20. The topological polar surface area (TPSA) is 20.2 Å². The van der Waals surface area contributed by atoms with E-state index in [0.717, 1.165) is 23.8 Å². The minimum Gasteiger partial charge on any atom is -0.392 e. The molecule has 0 saturated heterocycles. The Bertz CT molecular complexity index is 474. The van der Waals surface area contributed by atoms with Crippen LogP contribution in [0.2, 0.25) is 5.02 Å². The van der Waals surface area contributed by atoms with Crippen LogP contribution in [0.4, 0.5) is 0 Å². The van der Waals surface area contributed by atoms with Crippen LogP contribution >= 0.6 is 11.6 Å². The average Bonchev–Trinajstić information content (AvgIpc) is 2.99. The van der Waals surface area contributed by atoms with Crippen LogP contribution in [0.5, 0.6) is 0 Å². The van der Waals surface area contributed by atoms with Gasteiger partial charge in [-0.15, -0.1) is 0 Å². The van der Waals surface area contributed by atoms with E-state index in [9.17, 15) is 5.11 Å². The molecule has 17 heavy (non-hydrogen) atoms. The molecule has 2 heteroatoms. The van der Waals surface area contributed by atoms with Crippen LogP contribution in [0, 0.1) is 11.3 Å². The summed E-state index contributed by atoms with van der Waals surface area (Å²) >= 11 is 5.92. The molecule has 2 aliphatic carbocycles. The predicted molar refractivity (Wildman–Crippen MR) is 70.9 cm³/mol. The first kappa shape index (κ1) is 11.3. The van der Waals surface area contributed by atoms with Gasteiger partial charge in [-0.3, -0.25) is 0 Å². The van der Waals surface area contributed by atoms with Gasteiger partial charge in [-0.25, -0.2) is 0 Å². The SMILES string of the molecule is C[C@@]12CC(c3ccc(Cl)cc3)=C(CO)C[C@@H]1C2. The monoisotopic (exact) mass is 248 g/mol. The maximum absolute atomic E-state index is 9.51. The third-order valence-electron chi connectivity index (χ3n) is 4.42. The molecule has 1 N–H and O–H groups in total. The highest BCUT2D eigenvalue weighted by atomic mass is 35.5. The Morgan fingerprint density at radius 2 is 2.06 bits per heavy atom. The van der Waals surface area contributed by atoms with Gasteiger partial charge in [0, 0.05) is 5.02 Å². The van der Waals surface area contributed by atoms with E-state index in [1.54, 1.807) is 0 Å². The van der Waals surface area contributed by atoms with Gasteiger partial charge in [0.2, 0.25) is 0 Å². The second-order valence-corrected chi connectivity index (χ2v) is 6.12. The Hall–Kier alpha value is -0.790. The Kier molecular flexibility index (Phi) is 2.57. The van der Waals surface area contributed by atoms with Crippen LogP contribution in [0.3, 0.4) is 0 Å². The van der Waals surface area contributed by atoms with Crippen LogP contribution in [0.1, 0.15) is 31.7 Å². The van der Waals surface area contributed by atoms with Gasteiger partial charge in [-0.1, -0.05) is 30.7 Å². The van der Waals surface area contributed by atoms with Crippen molar-refractivity contribution >= 4 is 17.2 Å². The Morgan fingerprint density at radius 1 is 1.35 bits per heavy atom. The fourth-order valence-corrected chi connectivity index (χ4v) is 3.23. The van der Waals surface area contributed by atoms with Crippen molar-refractivity contribution in [2.24, 2.45) is 11.3 Å². The van der Waals surface area contributed by atoms with Gasteiger partial charge in [-0.2, -0.15) is 0 Å². The molecule has 0 radical (unpaired) electrons. The quantitative estimate of drug-likeness (QED) is 0.842. The minimum atomic E-state index is 0.199. The lowest BCUT2D eigenvalue weighted by Crippen LogP contribution is -2.11. The van der Waals surface area contributed by atoms with Gasteiger partial charge in [0.1, 0.15) is 0 Å². The summed E-state index contributed by atoms with van der Waals surface area (Å²) in [7, 11) is 0. The molecule has 1 aromatic rings. The molecule has 0 aliphatic heterocycles. The molecule has 0 bridgehead atoms. The molecule has 1 fully saturated rings. The maximum atomic E-state index is 9.51. The molecule has 0 unspecified atom stereocenters. The number of fused-ring (bicyclic) bond motifs is 1. The third kappa shape index (κ3) is 1.92. The smallest absolute Gasteiger partial charge is 0.0647 e. The molecular formula is C15H17ClO. The second kappa shape index (κ2) is 3.86. The van der Waals surface area contributed by atoms with Crippen molar-refractivity contribution < 1.29 is 5.11 Å². The van der Waals surface area contributed by atoms with Crippen LogP contribution in [-0.4, -0.2) is 11.7 Å². The zero-order valence-corrected chi connectivity index (χ0v) is 10.8. The van der Waals surface area contributed by atoms with Crippen molar-refractivity contribution in [2.75, 3.05) is 6.61 Å². The lowest BCUT2D eigenvalue weighted by Gasteiger charge is -2.24. The summed E-state index contributed by atoms with van der Waals surface area (Å²) in [6.07, 6.45) is 3.49. The predicted octanol–water partition coefficient (Wildman–Crippen LogP) is 3.91. The number of aliphatic hydroxyl groups is 1. The molecule has 2 atom stereocenters. The molecule has 1 saturated carbocycles. The third-order valence-corrected chi connectivity index (χ3v) is 4.67. The highest BCUT2D eigenvalue weighted by Crippen LogP contribution is 2.63. The summed E-state index contributed by atoms with van der Waals surface area (Å²) in [6.45, 7) is 2.56. The standard InChI is InChI=1S/C15H17ClO/c1-15-7-12(15)6-11(9-17)14(8-15)10-2-4-13(16)5-3-10/h2-5,12,17H,6-9H2,1H3/t12-,15-/m1/s1. The zero-order valence-electron chi connectivity index (χ0n) is 10.0. The van der Waals surface area contributed by atoms with Crippen LogP contribution in [0.25, 0.3) is 5.57 Å². The lowest BCUT2D eigenvalue weighted by atomic mass is 9.81. The maximum Gasteiger partial charge on any atom is 0.0647 e. The molecule has 3 rings (SSSR count). The molecule has 90 valence electrons. The van der Waals surface area contributed by atoms with Gasteiger partial charge >= 0.3 is 0 Å². The molecule has 0 aromatic heterocycles. The Balaban J connectivity index is 1.98. The van der Waals surface area contributed by atoms with Crippen molar-refractivity contribution in [3.8, 4) is 0 Å². The summed E-state index contributed by atoms with van der Waals surface area (Å²) in [5.41, 5.74) is 4.30. The van der Waals surface area contributed by atoms with Gasteiger partial charge in [0.05, 0.1) is 6.61 Å². The van der Waals surface area contributed by atoms with Gasteiger partial charge < -0.3 is 5.11 Å². The summed E-state index contributed by atoms with van der Waals surface area (Å²) < 4.78 is 0. The molecular weight excluding hydrogens is 232 g/mol. The van der Waals surface area contributed by atoms with E-state index < -0.39 is 0 Å². The van der Waals surface area contributed by atoms with E-state index in [1.807, 2.05) is 12.1 Å². The number of allylic oxidation sites excluding steroid dienone is 1.